The zero-order valence-electron chi connectivity index (χ0n) is 22.8. The van der Waals surface area contributed by atoms with Gasteiger partial charge >= 0.3 is 5.97 Å². The van der Waals surface area contributed by atoms with Gasteiger partial charge in [0.25, 0.3) is 0 Å². The van der Waals surface area contributed by atoms with Gasteiger partial charge in [-0.15, -0.1) is 0 Å². The van der Waals surface area contributed by atoms with Gasteiger partial charge in [0.2, 0.25) is 10.0 Å². The molecule has 4 aromatic rings. The Hall–Kier alpha value is -4.33. The molecule has 1 heterocycles. The van der Waals surface area contributed by atoms with E-state index in [2.05, 4.69) is 10.8 Å². The van der Waals surface area contributed by atoms with Gasteiger partial charge in [0.15, 0.2) is 0 Å². The smallest absolute Gasteiger partial charge is 0.324 e. The van der Waals surface area contributed by atoms with Crippen molar-refractivity contribution in [3.05, 3.63) is 77.6 Å². The standard InChI is InChI=1S/C30H30N2O7S/c1-18(2)28(30(33)37-5)32-40(34,35)24-13-8-21(9-14-24)20-6-11-23(12-7-20)38-17-26-19(3)27-25(39-26)15-10-22(16-31)29(27)36-4/h6-15,18,28,32H,17H2,1-5H3/t28-/m0/s1. The van der Waals surface area contributed by atoms with Gasteiger partial charge in [-0.05, 0) is 60.4 Å². The molecule has 0 spiro atoms. The molecule has 1 aromatic heterocycles. The quantitative estimate of drug-likeness (QED) is 0.257. The van der Waals surface area contributed by atoms with Crippen molar-refractivity contribution in [2.45, 2.75) is 38.3 Å². The fourth-order valence-corrected chi connectivity index (χ4v) is 5.66. The summed E-state index contributed by atoms with van der Waals surface area (Å²) < 4.78 is 50.2. The van der Waals surface area contributed by atoms with Crippen LogP contribution in [0.25, 0.3) is 22.1 Å². The number of carbonyl (C=O) groups excluding carboxylic acids is 1. The zero-order valence-corrected chi connectivity index (χ0v) is 23.7. The van der Waals surface area contributed by atoms with Crippen LogP contribution in [0, 0.1) is 24.2 Å². The molecule has 0 unspecified atom stereocenters. The second-order valence-electron chi connectivity index (χ2n) is 9.49. The molecule has 1 N–H and O–H groups in total. The summed E-state index contributed by atoms with van der Waals surface area (Å²) in [6.45, 7) is 5.56. The number of nitrogens with zero attached hydrogens (tertiary/aromatic N) is 1. The third-order valence-electron chi connectivity index (χ3n) is 6.60. The first-order valence-corrected chi connectivity index (χ1v) is 14.0. The summed E-state index contributed by atoms with van der Waals surface area (Å²) in [6, 6.07) is 18.3. The second kappa shape index (κ2) is 11.8. The van der Waals surface area contributed by atoms with Crippen molar-refractivity contribution in [1.29, 1.82) is 5.26 Å². The lowest BCUT2D eigenvalue weighted by atomic mass is 10.1. The lowest BCUT2D eigenvalue weighted by Gasteiger charge is -2.19. The topological polar surface area (TPSA) is 128 Å². The summed E-state index contributed by atoms with van der Waals surface area (Å²) in [6.07, 6.45) is 0. The molecular formula is C30H30N2O7S. The molecule has 0 saturated heterocycles. The highest BCUT2D eigenvalue weighted by atomic mass is 32.2. The minimum Gasteiger partial charge on any atom is -0.495 e. The number of methoxy groups -OCH3 is 2. The Labute approximate surface area is 233 Å². The van der Waals surface area contributed by atoms with E-state index in [1.807, 2.05) is 31.2 Å². The van der Waals surface area contributed by atoms with E-state index in [1.54, 1.807) is 38.1 Å². The molecule has 40 heavy (non-hydrogen) atoms. The fourth-order valence-electron chi connectivity index (χ4n) is 4.33. The molecule has 9 nitrogen and oxygen atoms in total. The summed E-state index contributed by atoms with van der Waals surface area (Å²) >= 11 is 0. The number of benzene rings is 3. The molecule has 0 bridgehead atoms. The van der Waals surface area contributed by atoms with Crippen molar-refractivity contribution in [3.8, 4) is 28.7 Å². The Morgan fingerprint density at radius 3 is 2.17 bits per heavy atom. The normalized spacial score (nSPS) is 12.2. The van der Waals surface area contributed by atoms with Gasteiger partial charge < -0.3 is 18.6 Å². The highest BCUT2D eigenvalue weighted by Crippen LogP contribution is 2.36. The van der Waals surface area contributed by atoms with E-state index in [0.717, 1.165) is 22.1 Å². The molecular weight excluding hydrogens is 532 g/mol. The van der Waals surface area contributed by atoms with Crippen molar-refractivity contribution in [1.82, 2.24) is 4.72 Å². The number of aryl methyl sites for hydroxylation is 1. The summed E-state index contributed by atoms with van der Waals surface area (Å²) in [5.41, 5.74) is 3.58. The maximum atomic E-state index is 12.8. The average Bonchev–Trinajstić information content (AvgIpc) is 3.29. The van der Waals surface area contributed by atoms with Gasteiger partial charge in [-0.2, -0.15) is 9.98 Å². The van der Waals surface area contributed by atoms with Crippen molar-refractivity contribution in [2.75, 3.05) is 14.2 Å². The summed E-state index contributed by atoms with van der Waals surface area (Å²) in [5, 5.41) is 10.1. The largest absolute Gasteiger partial charge is 0.495 e. The number of hydrogen-bond acceptors (Lipinski definition) is 8. The number of hydrogen-bond donors (Lipinski definition) is 1. The van der Waals surface area contributed by atoms with E-state index < -0.39 is 22.0 Å². The van der Waals surface area contributed by atoms with Crippen LogP contribution >= 0.6 is 0 Å². The monoisotopic (exact) mass is 562 g/mol. The van der Waals surface area contributed by atoms with E-state index in [9.17, 15) is 18.5 Å². The Morgan fingerprint density at radius 2 is 1.62 bits per heavy atom. The zero-order chi connectivity index (χ0) is 29.0. The molecule has 3 aromatic carbocycles. The predicted molar refractivity (Wildman–Crippen MR) is 149 cm³/mol. The number of furan rings is 1. The van der Waals surface area contributed by atoms with Gasteiger partial charge in [-0.1, -0.05) is 38.1 Å². The number of fused-ring (bicyclic) bond motifs is 1. The molecule has 208 valence electrons. The Balaban J connectivity index is 1.46. The van der Waals surface area contributed by atoms with Crippen LogP contribution in [-0.4, -0.2) is 34.6 Å². The molecule has 0 aliphatic heterocycles. The molecule has 0 aliphatic carbocycles. The Bertz CT molecular complexity index is 1670. The maximum absolute atomic E-state index is 12.8. The van der Waals surface area contributed by atoms with Crippen LogP contribution in [0.3, 0.4) is 0 Å². The van der Waals surface area contributed by atoms with Crippen LogP contribution in [-0.2, 0) is 26.2 Å². The number of esters is 1. The van der Waals surface area contributed by atoms with Crippen LogP contribution in [0.15, 0.2) is 70.0 Å². The summed E-state index contributed by atoms with van der Waals surface area (Å²) in [7, 11) is -1.18. The van der Waals surface area contributed by atoms with Crippen LogP contribution in [0.5, 0.6) is 11.5 Å². The first-order valence-electron chi connectivity index (χ1n) is 12.5. The van der Waals surface area contributed by atoms with Crippen molar-refractivity contribution < 1.29 is 31.8 Å². The van der Waals surface area contributed by atoms with E-state index in [-0.39, 0.29) is 17.4 Å². The van der Waals surface area contributed by atoms with Crippen LogP contribution in [0.1, 0.15) is 30.7 Å². The van der Waals surface area contributed by atoms with Crippen LogP contribution < -0.4 is 14.2 Å². The Kier molecular flexibility index (Phi) is 8.47. The number of sulfonamides is 1. The second-order valence-corrected chi connectivity index (χ2v) is 11.2. The van der Waals surface area contributed by atoms with Gasteiger partial charge in [-0.3, -0.25) is 4.79 Å². The Morgan fingerprint density at radius 1 is 1.00 bits per heavy atom. The highest BCUT2D eigenvalue weighted by Gasteiger charge is 2.29. The average molecular weight is 563 g/mol. The minimum absolute atomic E-state index is 0.0467. The molecule has 4 rings (SSSR count). The number of rotatable bonds is 10. The molecule has 0 radical (unpaired) electrons. The van der Waals surface area contributed by atoms with E-state index in [0.29, 0.717) is 28.4 Å². The molecule has 0 amide bonds. The number of carbonyl (C=O) groups is 1. The highest BCUT2D eigenvalue weighted by molar-refractivity contribution is 7.89. The van der Waals surface area contributed by atoms with Crippen LogP contribution in [0.4, 0.5) is 0 Å². The van der Waals surface area contributed by atoms with Crippen molar-refractivity contribution in [2.24, 2.45) is 5.92 Å². The van der Waals surface area contributed by atoms with Gasteiger partial charge in [0.05, 0.1) is 30.1 Å². The third kappa shape index (κ3) is 5.81. The number of nitrogens with one attached hydrogen (secondary N) is 1. The fraction of sp³-hybridized carbons (Fsp3) is 0.267. The lowest BCUT2D eigenvalue weighted by Crippen LogP contribution is -2.44. The van der Waals surface area contributed by atoms with Gasteiger partial charge in [0, 0.05) is 5.56 Å². The maximum Gasteiger partial charge on any atom is 0.324 e. The SMILES string of the molecule is COC(=O)[C@@H](NS(=O)(=O)c1ccc(-c2ccc(OCc3oc4ccc(C#N)c(OC)c4c3C)cc2)cc1)C(C)C. The van der Waals surface area contributed by atoms with Gasteiger partial charge in [0.1, 0.15) is 41.6 Å². The van der Waals surface area contributed by atoms with Crippen molar-refractivity contribution >= 4 is 27.0 Å². The molecule has 10 heteroatoms. The minimum atomic E-state index is -3.92. The van der Waals surface area contributed by atoms with E-state index in [4.69, 9.17) is 18.6 Å². The molecule has 0 aliphatic rings. The van der Waals surface area contributed by atoms with E-state index in [1.165, 1.54) is 26.4 Å². The number of ether oxygens (including phenoxy) is 3. The first kappa shape index (κ1) is 28.7. The lowest BCUT2D eigenvalue weighted by molar-refractivity contribution is -0.143. The van der Waals surface area contributed by atoms with Crippen LogP contribution in [0.2, 0.25) is 0 Å². The number of nitriles is 1. The predicted octanol–water partition coefficient (Wildman–Crippen LogP) is 5.34. The summed E-state index contributed by atoms with van der Waals surface area (Å²) in [5.74, 6) is 0.816. The van der Waals surface area contributed by atoms with Gasteiger partial charge in [-0.25, -0.2) is 8.42 Å². The van der Waals surface area contributed by atoms with Crippen molar-refractivity contribution in [3.63, 3.8) is 0 Å². The molecule has 0 fully saturated rings. The third-order valence-corrected chi connectivity index (χ3v) is 8.05. The molecule has 0 saturated carbocycles. The summed E-state index contributed by atoms with van der Waals surface area (Å²) in [4.78, 5) is 12.0. The van der Waals surface area contributed by atoms with E-state index >= 15 is 0 Å². The molecule has 1 atom stereocenters. The first-order chi connectivity index (χ1) is 19.1.